The number of carboxylic acid groups (broad SMARTS) is 1. The van der Waals surface area contributed by atoms with Crippen molar-refractivity contribution in [2.45, 2.75) is 25.3 Å². The first kappa shape index (κ1) is 12.5. The highest BCUT2D eigenvalue weighted by Crippen LogP contribution is 2.58. The summed E-state index contributed by atoms with van der Waals surface area (Å²) < 4.78 is 5.29. The van der Waals surface area contributed by atoms with Crippen molar-refractivity contribution in [1.29, 1.82) is 0 Å². The largest absolute Gasteiger partial charge is 0.497 e. The molecule has 1 aliphatic heterocycles. The topological polar surface area (TPSA) is 49.8 Å². The van der Waals surface area contributed by atoms with E-state index in [1.54, 1.807) is 7.11 Å². The third-order valence-electron chi connectivity index (χ3n) is 4.56. The maximum atomic E-state index is 11.6. The summed E-state index contributed by atoms with van der Waals surface area (Å²) in [6.45, 7) is 0.916. The van der Waals surface area contributed by atoms with Crippen molar-refractivity contribution >= 4 is 5.97 Å². The van der Waals surface area contributed by atoms with Gasteiger partial charge < -0.3 is 9.84 Å². The molecule has 1 aliphatic carbocycles. The number of nitrogens with zero attached hydrogens (tertiary/aromatic N) is 1. The number of methoxy groups -OCH3 is 1. The van der Waals surface area contributed by atoms with Gasteiger partial charge in [0.25, 0.3) is 0 Å². The second-order valence-corrected chi connectivity index (χ2v) is 5.66. The van der Waals surface area contributed by atoms with Gasteiger partial charge >= 0.3 is 5.97 Å². The van der Waals surface area contributed by atoms with Crippen LogP contribution in [0.1, 0.15) is 30.0 Å². The first-order valence-electron chi connectivity index (χ1n) is 6.69. The fourth-order valence-electron chi connectivity index (χ4n) is 3.30. The highest BCUT2D eigenvalue weighted by atomic mass is 16.5. The highest BCUT2D eigenvalue weighted by Gasteiger charge is 2.58. The average molecular weight is 261 g/mol. The second kappa shape index (κ2) is 4.23. The Hall–Kier alpha value is -1.55. The molecule has 19 heavy (non-hydrogen) atoms. The van der Waals surface area contributed by atoms with Gasteiger partial charge in [0.05, 0.1) is 18.6 Å². The molecular weight excluding hydrogens is 242 g/mol. The Balaban J connectivity index is 2.08. The summed E-state index contributed by atoms with van der Waals surface area (Å²) in [5, 5.41) is 9.57. The number of likely N-dealkylation sites (N-methyl/N-ethyl adjacent to an activating group) is 1. The minimum atomic E-state index is -0.667. The first-order chi connectivity index (χ1) is 9.08. The van der Waals surface area contributed by atoms with E-state index in [-0.39, 0.29) is 6.04 Å². The maximum Gasteiger partial charge on any atom is 0.311 e. The maximum absolute atomic E-state index is 11.6. The number of hydrogen-bond donors (Lipinski definition) is 1. The van der Waals surface area contributed by atoms with E-state index in [2.05, 4.69) is 11.0 Å². The molecule has 0 amide bonds. The van der Waals surface area contributed by atoms with Crippen molar-refractivity contribution in [3.05, 3.63) is 29.3 Å². The molecule has 0 spiro atoms. The zero-order valence-corrected chi connectivity index (χ0v) is 11.3. The van der Waals surface area contributed by atoms with Gasteiger partial charge in [0, 0.05) is 6.54 Å². The molecule has 1 aromatic rings. The van der Waals surface area contributed by atoms with E-state index in [4.69, 9.17) is 4.74 Å². The molecule has 1 N–H and O–H groups in total. The molecule has 0 radical (unpaired) electrons. The minimum absolute atomic E-state index is 0.0242. The van der Waals surface area contributed by atoms with Crippen LogP contribution in [0.3, 0.4) is 0 Å². The van der Waals surface area contributed by atoms with Crippen LogP contribution in [0.5, 0.6) is 5.75 Å². The van der Waals surface area contributed by atoms with E-state index in [9.17, 15) is 9.90 Å². The Morgan fingerprint density at radius 2 is 2.21 bits per heavy atom. The Morgan fingerprint density at radius 3 is 2.79 bits per heavy atom. The lowest BCUT2D eigenvalue weighted by atomic mass is 9.82. The van der Waals surface area contributed by atoms with Crippen LogP contribution in [-0.4, -0.2) is 36.7 Å². The van der Waals surface area contributed by atoms with Gasteiger partial charge in [-0.1, -0.05) is 6.07 Å². The molecule has 4 nitrogen and oxygen atoms in total. The monoisotopic (exact) mass is 261 g/mol. The average Bonchev–Trinajstić information content (AvgIpc) is 3.19. The number of aliphatic carboxylic acids is 1. The van der Waals surface area contributed by atoms with Crippen molar-refractivity contribution in [2.75, 3.05) is 20.7 Å². The summed E-state index contributed by atoms with van der Waals surface area (Å²) in [6, 6.07) is 6.02. The summed E-state index contributed by atoms with van der Waals surface area (Å²) in [5.41, 5.74) is 1.81. The van der Waals surface area contributed by atoms with Gasteiger partial charge in [0.1, 0.15) is 5.75 Å². The molecule has 4 heteroatoms. The highest BCUT2D eigenvalue weighted by molar-refractivity contribution is 5.79. The third-order valence-corrected chi connectivity index (χ3v) is 4.56. The van der Waals surface area contributed by atoms with Crippen LogP contribution >= 0.6 is 0 Å². The van der Waals surface area contributed by atoms with E-state index in [0.717, 1.165) is 37.1 Å². The zero-order valence-electron chi connectivity index (χ0n) is 11.3. The molecule has 1 aromatic carbocycles. The van der Waals surface area contributed by atoms with E-state index in [1.807, 2.05) is 19.2 Å². The van der Waals surface area contributed by atoms with E-state index in [0.29, 0.717) is 0 Å². The Bertz CT molecular complexity index is 522. The molecule has 1 fully saturated rings. The molecule has 0 saturated heterocycles. The third kappa shape index (κ3) is 1.82. The molecule has 2 aliphatic rings. The predicted octanol–water partition coefficient (Wildman–Crippen LogP) is 2.09. The van der Waals surface area contributed by atoms with Crippen molar-refractivity contribution in [3.8, 4) is 5.75 Å². The molecule has 1 heterocycles. The lowest BCUT2D eigenvalue weighted by molar-refractivity contribution is -0.146. The molecule has 0 bridgehead atoms. The van der Waals surface area contributed by atoms with Crippen molar-refractivity contribution in [3.63, 3.8) is 0 Å². The Kier molecular flexibility index (Phi) is 2.78. The van der Waals surface area contributed by atoms with Gasteiger partial charge in [-0.15, -0.1) is 0 Å². The molecule has 0 aromatic heterocycles. The molecule has 1 saturated carbocycles. The fraction of sp³-hybridized carbons (Fsp3) is 0.533. The SMILES string of the molecule is COc1ccc2c(c1)C(C1(C(=O)O)CC1)N(C)CC2. The van der Waals surface area contributed by atoms with Crippen LogP contribution in [-0.2, 0) is 11.2 Å². The summed E-state index contributed by atoms with van der Waals surface area (Å²) in [4.78, 5) is 13.8. The van der Waals surface area contributed by atoms with E-state index in [1.165, 1.54) is 5.56 Å². The smallest absolute Gasteiger partial charge is 0.311 e. The van der Waals surface area contributed by atoms with E-state index < -0.39 is 11.4 Å². The van der Waals surface area contributed by atoms with Gasteiger partial charge in [-0.3, -0.25) is 9.69 Å². The van der Waals surface area contributed by atoms with Crippen molar-refractivity contribution in [2.24, 2.45) is 5.41 Å². The van der Waals surface area contributed by atoms with Gasteiger partial charge in [0.2, 0.25) is 0 Å². The van der Waals surface area contributed by atoms with Crippen LogP contribution in [0.2, 0.25) is 0 Å². The van der Waals surface area contributed by atoms with Crippen molar-refractivity contribution in [1.82, 2.24) is 4.90 Å². The summed E-state index contributed by atoms with van der Waals surface area (Å²) in [7, 11) is 3.67. The minimum Gasteiger partial charge on any atom is -0.497 e. The number of rotatable bonds is 3. The lowest BCUT2D eigenvalue weighted by Crippen LogP contribution is -2.40. The van der Waals surface area contributed by atoms with Crippen LogP contribution in [0.25, 0.3) is 0 Å². The number of fused-ring (bicyclic) bond motifs is 1. The van der Waals surface area contributed by atoms with Gasteiger partial charge in [-0.05, 0) is 49.6 Å². The summed E-state index contributed by atoms with van der Waals surface area (Å²) in [5.74, 6) is 0.139. The summed E-state index contributed by atoms with van der Waals surface area (Å²) in [6.07, 6.45) is 2.52. The predicted molar refractivity (Wildman–Crippen MR) is 71.4 cm³/mol. The number of carboxylic acids is 1. The molecule has 1 atom stereocenters. The number of ether oxygens (including phenoxy) is 1. The van der Waals surface area contributed by atoms with Gasteiger partial charge in [0.15, 0.2) is 0 Å². The number of hydrogen-bond acceptors (Lipinski definition) is 3. The Labute approximate surface area is 113 Å². The normalized spacial score (nSPS) is 24.6. The van der Waals surface area contributed by atoms with Crippen LogP contribution in [0.4, 0.5) is 0 Å². The first-order valence-corrected chi connectivity index (χ1v) is 6.69. The quantitative estimate of drug-likeness (QED) is 0.905. The van der Waals surface area contributed by atoms with Crippen LogP contribution in [0.15, 0.2) is 18.2 Å². The van der Waals surface area contributed by atoms with Crippen LogP contribution < -0.4 is 4.74 Å². The van der Waals surface area contributed by atoms with Crippen LogP contribution in [0, 0.1) is 5.41 Å². The fourth-order valence-corrected chi connectivity index (χ4v) is 3.30. The zero-order chi connectivity index (χ0) is 13.6. The molecular formula is C15H19NO3. The summed E-state index contributed by atoms with van der Waals surface area (Å²) >= 11 is 0. The molecule has 1 unspecified atom stereocenters. The second-order valence-electron chi connectivity index (χ2n) is 5.66. The van der Waals surface area contributed by atoms with Gasteiger partial charge in [-0.25, -0.2) is 0 Å². The lowest BCUT2D eigenvalue weighted by Gasteiger charge is -2.38. The molecule has 3 rings (SSSR count). The molecule has 102 valence electrons. The van der Waals surface area contributed by atoms with Gasteiger partial charge in [-0.2, -0.15) is 0 Å². The Morgan fingerprint density at radius 1 is 1.47 bits per heavy atom. The standard InChI is InChI=1S/C15H19NO3/c1-16-8-5-10-3-4-11(19-2)9-12(10)13(16)15(6-7-15)14(17)18/h3-4,9,13H,5-8H2,1-2H3,(H,17,18). The van der Waals surface area contributed by atoms with E-state index >= 15 is 0 Å². The number of benzene rings is 1. The van der Waals surface area contributed by atoms with Crippen molar-refractivity contribution < 1.29 is 14.6 Å². The number of carbonyl (C=O) groups is 1.